The minimum atomic E-state index is -3.60. The fraction of sp³-hybridized carbons (Fsp3) is 0.188. The minimum absolute atomic E-state index is 0.0633. The number of nitrogens with zero attached hydrogens (tertiary/aromatic N) is 1. The highest BCUT2D eigenvalue weighted by Gasteiger charge is 2.22. The monoisotopic (exact) mass is 314 g/mol. The maximum atomic E-state index is 12.7. The molecule has 6 heteroatoms. The molecule has 0 unspecified atom stereocenters. The maximum Gasteiger partial charge on any atom is 0.223 e. The van der Waals surface area contributed by atoms with Gasteiger partial charge in [0.15, 0.2) is 5.03 Å². The second kappa shape index (κ2) is 4.93. The van der Waals surface area contributed by atoms with Crippen molar-refractivity contribution < 1.29 is 12.8 Å². The Bertz CT molecular complexity index is 946. The smallest absolute Gasteiger partial charge is 0.223 e. The van der Waals surface area contributed by atoms with Crippen molar-refractivity contribution in [2.75, 3.05) is 6.54 Å². The second-order valence-corrected chi connectivity index (χ2v) is 7.16. The third-order valence-electron chi connectivity index (χ3n) is 3.91. The van der Waals surface area contributed by atoms with E-state index in [0.717, 1.165) is 35.3 Å². The van der Waals surface area contributed by atoms with Gasteiger partial charge in [-0.1, -0.05) is 6.07 Å². The van der Waals surface area contributed by atoms with E-state index in [9.17, 15) is 8.42 Å². The Morgan fingerprint density at radius 1 is 1.18 bits per heavy atom. The molecular weight excluding hydrogens is 300 g/mol. The highest BCUT2D eigenvalue weighted by atomic mass is 32.2. The van der Waals surface area contributed by atoms with E-state index in [4.69, 9.17) is 4.42 Å². The highest BCUT2D eigenvalue weighted by molar-refractivity contribution is 7.91. The van der Waals surface area contributed by atoms with Crippen molar-refractivity contribution >= 4 is 20.8 Å². The summed E-state index contributed by atoms with van der Waals surface area (Å²) in [5.41, 5.74) is 1.83. The molecule has 0 bridgehead atoms. The zero-order valence-corrected chi connectivity index (χ0v) is 12.6. The Morgan fingerprint density at radius 3 is 2.91 bits per heavy atom. The topological polar surface area (TPSA) is 72.2 Å². The molecule has 0 amide bonds. The SMILES string of the molecule is O=S(=O)(c1ccc2oc3c(c2c1)CCNC3)c1ccccn1. The van der Waals surface area contributed by atoms with Crippen molar-refractivity contribution in [3.63, 3.8) is 0 Å². The van der Waals surface area contributed by atoms with E-state index in [1.165, 1.54) is 12.3 Å². The van der Waals surface area contributed by atoms with E-state index in [1.54, 1.807) is 30.3 Å². The standard InChI is InChI=1S/C16H14N2O3S/c19-22(20,16-3-1-2-7-18-16)11-4-5-14-13(9-11)12-6-8-17-10-15(12)21-14/h1-5,7,9,17H,6,8,10H2. The van der Waals surface area contributed by atoms with Crippen molar-refractivity contribution in [3.05, 3.63) is 53.9 Å². The van der Waals surface area contributed by atoms with Crippen LogP contribution in [0.2, 0.25) is 0 Å². The lowest BCUT2D eigenvalue weighted by atomic mass is 10.1. The first-order valence-corrected chi connectivity index (χ1v) is 8.56. The first-order valence-electron chi connectivity index (χ1n) is 7.07. The molecule has 5 nitrogen and oxygen atoms in total. The number of nitrogens with one attached hydrogen (secondary N) is 1. The van der Waals surface area contributed by atoms with Gasteiger partial charge in [0.2, 0.25) is 9.84 Å². The van der Waals surface area contributed by atoms with Crippen LogP contribution in [0.1, 0.15) is 11.3 Å². The largest absolute Gasteiger partial charge is 0.459 e. The molecule has 0 aliphatic carbocycles. The quantitative estimate of drug-likeness (QED) is 0.786. The number of furan rings is 1. The van der Waals surface area contributed by atoms with Crippen LogP contribution in [-0.2, 0) is 22.8 Å². The van der Waals surface area contributed by atoms with Gasteiger partial charge < -0.3 is 9.73 Å². The summed E-state index contributed by atoms with van der Waals surface area (Å²) in [6.07, 6.45) is 2.33. The molecule has 3 aromatic rings. The number of fused-ring (bicyclic) bond motifs is 3. The fourth-order valence-corrected chi connectivity index (χ4v) is 4.02. The molecule has 0 spiro atoms. The summed E-state index contributed by atoms with van der Waals surface area (Å²) in [6, 6.07) is 9.88. The van der Waals surface area contributed by atoms with Gasteiger partial charge in [0.05, 0.1) is 11.4 Å². The van der Waals surface area contributed by atoms with Gasteiger partial charge in [-0.25, -0.2) is 13.4 Å². The van der Waals surface area contributed by atoms with E-state index < -0.39 is 9.84 Å². The molecule has 0 fully saturated rings. The Labute approximate surface area is 127 Å². The molecule has 0 radical (unpaired) electrons. The van der Waals surface area contributed by atoms with Crippen molar-refractivity contribution in [2.24, 2.45) is 0 Å². The van der Waals surface area contributed by atoms with Gasteiger partial charge in [0.25, 0.3) is 0 Å². The van der Waals surface area contributed by atoms with Gasteiger partial charge in [-0.15, -0.1) is 0 Å². The van der Waals surface area contributed by atoms with Crippen LogP contribution in [0.15, 0.2) is 56.9 Å². The van der Waals surface area contributed by atoms with Crippen LogP contribution in [-0.4, -0.2) is 19.9 Å². The molecule has 3 heterocycles. The third-order valence-corrected chi connectivity index (χ3v) is 5.57. The zero-order chi connectivity index (χ0) is 15.2. The molecule has 22 heavy (non-hydrogen) atoms. The number of hydrogen-bond acceptors (Lipinski definition) is 5. The average molecular weight is 314 g/mol. The molecule has 112 valence electrons. The zero-order valence-electron chi connectivity index (χ0n) is 11.7. The van der Waals surface area contributed by atoms with Gasteiger partial charge in [-0.2, -0.15) is 0 Å². The summed E-state index contributed by atoms with van der Waals surface area (Å²) < 4.78 is 31.1. The Hall–Kier alpha value is -2.18. The van der Waals surface area contributed by atoms with Gasteiger partial charge in [0, 0.05) is 17.1 Å². The molecule has 1 N–H and O–H groups in total. The Balaban J connectivity index is 1.90. The highest BCUT2D eigenvalue weighted by Crippen LogP contribution is 2.31. The third kappa shape index (κ3) is 2.03. The molecule has 1 aromatic carbocycles. The van der Waals surface area contributed by atoms with Crippen LogP contribution in [0.3, 0.4) is 0 Å². The number of pyridine rings is 1. The summed E-state index contributed by atoms with van der Waals surface area (Å²) in [5.74, 6) is 0.897. The van der Waals surface area contributed by atoms with Crippen LogP contribution < -0.4 is 5.32 Å². The van der Waals surface area contributed by atoms with Gasteiger partial charge >= 0.3 is 0 Å². The van der Waals surface area contributed by atoms with E-state index in [2.05, 4.69) is 10.3 Å². The first kappa shape index (κ1) is 13.5. The fourth-order valence-electron chi connectivity index (χ4n) is 2.80. The first-order chi connectivity index (χ1) is 10.7. The molecule has 2 aromatic heterocycles. The number of aromatic nitrogens is 1. The average Bonchev–Trinajstić information content (AvgIpc) is 2.93. The predicted molar refractivity (Wildman–Crippen MR) is 81.3 cm³/mol. The van der Waals surface area contributed by atoms with E-state index >= 15 is 0 Å². The van der Waals surface area contributed by atoms with Crippen molar-refractivity contribution in [1.29, 1.82) is 0 Å². The van der Waals surface area contributed by atoms with Crippen LogP contribution in [0.4, 0.5) is 0 Å². The minimum Gasteiger partial charge on any atom is -0.459 e. The summed E-state index contributed by atoms with van der Waals surface area (Å²) in [7, 11) is -3.60. The van der Waals surface area contributed by atoms with Crippen LogP contribution in [0, 0.1) is 0 Å². The molecule has 0 atom stereocenters. The number of benzene rings is 1. The summed E-state index contributed by atoms with van der Waals surface area (Å²) >= 11 is 0. The van der Waals surface area contributed by atoms with Gasteiger partial charge in [-0.05, 0) is 43.3 Å². The molecule has 4 rings (SSSR count). The van der Waals surface area contributed by atoms with Crippen LogP contribution in [0.5, 0.6) is 0 Å². The normalized spacial score (nSPS) is 14.9. The molecule has 1 aliphatic rings. The van der Waals surface area contributed by atoms with E-state index in [-0.39, 0.29) is 9.92 Å². The maximum absolute atomic E-state index is 12.7. The van der Waals surface area contributed by atoms with E-state index in [1.807, 2.05) is 0 Å². The molecule has 0 saturated carbocycles. The Morgan fingerprint density at radius 2 is 2.09 bits per heavy atom. The lowest BCUT2D eigenvalue weighted by molar-refractivity contribution is 0.488. The summed E-state index contributed by atoms with van der Waals surface area (Å²) in [5, 5.41) is 4.20. The predicted octanol–water partition coefficient (Wildman–Crippen LogP) is 2.31. The van der Waals surface area contributed by atoms with Crippen molar-refractivity contribution in [3.8, 4) is 0 Å². The number of hydrogen-bond donors (Lipinski definition) is 1. The summed E-state index contributed by atoms with van der Waals surface area (Å²) in [6.45, 7) is 1.56. The van der Waals surface area contributed by atoms with Gasteiger partial charge in [0.1, 0.15) is 11.3 Å². The molecule has 0 saturated heterocycles. The lowest BCUT2D eigenvalue weighted by Gasteiger charge is -2.10. The van der Waals surface area contributed by atoms with Crippen molar-refractivity contribution in [2.45, 2.75) is 22.9 Å². The molecular formula is C16H14N2O3S. The van der Waals surface area contributed by atoms with Crippen LogP contribution >= 0.6 is 0 Å². The second-order valence-electron chi connectivity index (χ2n) is 5.26. The van der Waals surface area contributed by atoms with Gasteiger partial charge in [-0.3, -0.25) is 0 Å². The molecule has 1 aliphatic heterocycles. The Kier molecular flexibility index (Phi) is 3.02. The van der Waals surface area contributed by atoms with Crippen LogP contribution in [0.25, 0.3) is 11.0 Å². The van der Waals surface area contributed by atoms with Crippen molar-refractivity contribution in [1.82, 2.24) is 10.3 Å². The van der Waals surface area contributed by atoms with E-state index in [0.29, 0.717) is 6.54 Å². The number of sulfone groups is 1. The lowest BCUT2D eigenvalue weighted by Crippen LogP contribution is -2.22. The number of rotatable bonds is 2. The summed E-state index contributed by atoms with van der Waals surface area (Å²) in [4.78, 5) is 4.21.